The molecule has 0 spiro atoms. The molecule has 2 aromatic heterocycles. The van der Waals surface area contributed by atoms with Gasteiger partial charge in [0.25, 0.3) is 0 Å². The standard InChI is InChI=1S/C40H24O2/c1-2-8-25(9-3-1)26-14-16-27(17-15-26)38-29-10-4-6-12-31(29)39(32-13-7-5-11-30(32)38)28-18-19-33-37(24-28)42-36-21-20-35-34(40(33)36)22-23-41-35/h1-24H. The van der Waals surface area contributed by atoms with Crippen molar-refractivity contribution in [3.8, 4) is 33.4 Å². The van der Waals surface area contributed by atoms with Crippen LogP contribution in [0.3, 0.4) is 0 Å². The van der Waals surface area contributed by atoms with E-state index in [4.69, 9.17) is 8.83 Å². The van der Waals surface area contributed by atoms with Gasteiger partial charge in [0.05, 0.1) is 6.26 Å². The van der Waals surface area contributed by atoms with Crippen molar-refractivity contribution < 1.29 is 8.83 Å². The third-order valence-corrected chi connectivity index (χ3v) is 8.57. The summed E-state index contributed by atoms with van der Waals surface area (Å²) in [6, 6.07) is 49.7. The lowest BCUT2D eigenvalue weighted by Gasteiger charge is -2.18. The molecule has 2 nitrogen and oxygen atoms in total. The van der Waals surface area contributed by atoms with Gasteiger partial charge in [-0.25, -0.2) is 0 Å². The quantitative estimate of drug-likeness (QED) is 0.210. The van der Waals surface area contributed by atoms with Gasteiger partial charge in [-0.05, 0) is 85.3 Å². The minimum absolute atomic E-state index is 0.874. The predicted molar refractivity (Wildman–Crippen MR) is 175 cm³/mol. The fourth-order valence-electron chi connectivity index (χ4n) is 6.68. The Hall–Kier alpha value is -5.60. The summed E-state index contributed by atoms with van der Waals surface area (Å²) in [5.74, 6) is 0. The molecule has 0 N–H and O–H groups in total. The van der Waals surface area contributed by atoms with Gasteiger partial charge in [0.2, 0.25) is 0 Å². The molecule has 0 aliphatic heterocycles. The Morgan fingerprint density at radius 1 is 0.333 bits per heavy atom. The van der Waals surface area contributed by atoms with Crippen LogP contribution < -0.4 is 0 Å². The summed E-state index contributed by atoms with van der Waals surface area (Å²) in [5, 5.41) is 8.22. The zero-order valence-electron chi connectivity index (χ0n) is 22.7. The molecule has 0 amide bonds. The van der Waals surface area contributed by atoms with Crippen molar-refractivity contribution in [1.82, 2.24) is 0 Å². The number of benzene rings is 7. The molecule has 0 atom stereocenters. The Labute approximate surface area is 242 Å². The molecule has 0 unspecified atom stereocenters. The van der Waals surface area contributed by atoms with Gasteiger partial charge in [-0.2, -0.15) is 0 Å². The summed E-state index contributed by atoms with van der Waals surface area (Å²) in [7, 11) is 0. The molecule has 2 heterocycles. The van der Waals surface area contributed by atoms with Crippen LogP contribution >= 0.6 is 0 Å². The van der Waals surface area contributed by atoms with Crippen molar-refractivity contribution in [2.75, 3.05) is 0 Å². The molecule has 0 saturated carbocycles. The number of hydrogen-bond donors (Lipinski definition) is 0. The average Bonchev–Trinajstić information content (AvgIpc) is 3.68. The van der Waals surface area contributed by atoms with Crippen LogP contribution in [0.4, 0.5) is 0 Å². The fraction of sp³-hybridized carbons (Fsp3) is 0. The van der Waals surface area contributed by atoms with E-state index in [2.05, 4.69) is 121 Å². The van der Waals surface area contributed by atoms with Crippen molar-refractivity contribution in [2.24, 2.45) is 0 Å². The number of furan rings is 2. The average molecular weight is 537 g/mol. The minimum atomic E-state index is 0.874. The van der Waals surface area contributed by atoms with Gasteiger partial charge < -0.3 is 8.83 Å². The maximum Gasteiger partial charge on any atom is 0.136 e. The van der Waals surface area contributed by atoms with Gasteiger partial charge in [-0.1, -0.05) is 109 Å². The van der Waals surface area contributed by atoms with Crippen LogP contribution in [0.2, 0.25) is 0 Å². The van der Waals surface area contributed by atoms with Gasteiger partial charge in [0.15, 0.2) is 0 Å². The molecule has 9 rings (SSSR count). The normalized spacial score (nSPS) is 11.8. The lowest BCUT2D eigenvalue weighted by molar-refractivity contribution is 0.615. The highest BCUT2D eigenvalue weighted by molar-refractivity contribution is 6.23. The van der Waals surface area contributed by atoms with Crippen molar-refractivity contribution in [3.05, 3.63) is 146 Å². The molecule has 0 fully saturated rings. The molecule has 9 aromatic rings. The molecule has 0 aliphatic rings. The fourth-order valence-corrected chi connectivity index (χ4v) is 6.68. The van der Waals surface area contributed by atoms with E-state index in [1.54, 1.807) is 6.26 Å². The van der Waals surface area contributed by atoms with E-state index in [-0.39, 0.29) is 0 Å². The van der Waals surface area contributed by atoms with Crippen LogP contribution in [-0.2, 0) is 0 Å². The second kappa shape index (κ2) is 8.95. The molecule has 0 saturated heterocycles. The topological polar surface area (TPSA) is 26.3 Å². The summed E-state index contributed by atoms with van der Waals surface area (Å²) in [5.41, 5.74) is 9.91. The Morgan fingerprint density at radius 3 is 1.55 bits per heavy atom. The molecule has 0 aliphatic carbocycles. The number of hydrogen-bond acceptors (Lipinski definition) is 2. The van der Waals surface area contributed by atoms with Gasteiger partial charge in [0, 0.05) is 16.2 Å². The molecular formula is C40H24O2. The second-order valence-electron chi connectivity index (χ2n) is 10.9. The highest BCUT2D eigenvalue weighted by Crippen LogP contribution is 2.45. The van der Waals surface area contributed by atoms with Gasteiger partial charge >= 0.3 is 0 Å². The Bertz CT molecular complexity index is 2380. The number of rotatable bonds is 3. The zero-order valence-corrected chi connectivity index (χ0v) is 22.7. The first kappa shape index (κ1) is 23.1. The highest BCUT2D eigenvalue weighted by Gasteiger charge is 2.18. The second-order valence-corrected chi connectivity index (χ2v) is 10.9. The number of fused-ring (bicyclic) bond motifs is 7. The van der Waals surface area contributed by atoms with Crippen molar-refractivity contribution >= 4 is 54.5 Å². The van der Waals surface area contributed by atoms with Gasteiger partial charge in [-0.3, -0.25) is 0 Å². The molecule has 0 bridgehead atoms. The molecule has 42 heavy (non-hydrogen) atoms. The molecule has 2 heteroatoms. The van der Waals surface area contributed by atoms with E-state index < -0.39 is 0 Å². The minimum Gasteiger partial charge on any atom is -0.464 e. The Morgan fingerprint density at radius 2 is 0.857 bits per heavy atom. The van der Waals surface area contributed by atoms with E-state index >= 15 is 0 Å². The highest BCUT2D eigenvalue weighted by atomic mass is 16.3. The monoisotopic (exact) mass is 536 g/mol. The molecule has 0 radical (unpaired) electrons. The van der Waals surface area contributed by atoms with E-state index in [0.717, 1.165) is 38.5 Å². The summed E-state index contributed by atoms with van der Waals surface area (Å²) in [4.78, 5) is 0. The smallest absolute Gasteiger partial charge is 0.136 e. The largest absolute Gasteiger partial charge is 0.464 e. The van der Waals surface area contributed by atoms with Crippen molar-refractivity contribution in [2.45, 2.75) is 0 Å². The lowest BCUT2D eigenvalue weighted by Crippen LogP contribution is -1.91. The maximum absolute atomic E-state index is 6.42. The van der Waals surface area contributed by atoms with Crippen LogP contribution in [0.25, 0.3) is 87.8 Å². The lowest BCUT2D eigenvalue weighted by atomic mass is 9.85. The predicted octanol–water partition coefficient (Wildman–Crippen LogP) is 11.6. The molecule has 7 aromatic carbocycles. The SMILES string of the molecule is c1ccc(-c2ccc(-c3c4ccccc4c(-c4ccc5c(c4)oc4ccc6occc6c45)c4ccccc34)cc2)cc1. The Kier molecular flexibility index (Phi) is 4.93. The van der Waals surface area contributed by atoms with E-state index in [9.17, 15) is 0 Å². The van der Waals surface area contributed by atoms with Crippen LogP contribution in [0.15, 0.2) is 155 Å². The van der Waals surface area contributed by atoms with Crippen molar-refractivity contribution in [1.29, 1.82) is 0 Å². The first-order valence-corrected chi connectivity index (χ1v) is 14.3. The van der Waals surface area contributed by atoms with Crippen LogP contribution in [0.5, 0.6) is 0 Å². The van der Waals surface area contributed by atoms with E-state index in [1.807, 2.05) is 18.2 Å². The van der Waals surface area contributed by atoms with Gasteiger partial charge in [0.1, 0.15) is 16.7 Å². The zero-order chi connectivity index (χ0) is 27.6. The summed E-state index contributed by atoms with van der Waals surface area (Å²) >= 11 is 0. The summed E-state index contributed by atoms with van der Waals surface area (Å²) in [6.45, 7) is 0. The third kappa shape index (κ3) is 3.39. The molecule has 196 valence electrons. The first-order valence-electron chi connectivity index (χ1n) is 14.3. The maximum atomic E-state index is 6.42. The first-order chi connectivity index (χ1) is 20.8. The van der Waals surface area contributed by atoms with E-state index in [1.165, 1.54) is 49.4 Å². The summed E-state index contributed by atoms with van der Waals surface area (Å²) in [6.07, 6.45) is 1.74. The van der Waals surface area contributed by atoms with Crippen molar-refractivity contribution in [3.63, 3.8) is 0 Å². The van der Waals surface area contributed by atoms with Crippen LogP contribution in [0.1, 0.15) is 0 Å². The van der Waals surface area contributed by atoms with Crippen LogP contribution in [0, 0.1) is 0 Å². The Balaban J connectivity index is 1.29. The van der Waals surface area contributed by atoms with Crippen LogP contribution in [-0.4, -0.2) is 0 Å². The summed E-state index contributed by atoms with van der Waals surface area (Å²) < 4.78 is 12.1. The third-order valence-electron chi connectivity index (χ3n) is 8.57. The van der Waals surface area contributed by atoms with Gasteiger partial charge in [-0.15, -0.1) is 0 Å². The molecular weight excluding hydrogens is 512 g/mol. The van der Waals surface area contributed by atoms with E-state index in [0.29, 0.717) is 0 Å².